The Balaban J connectivity index is 1.24. The van der Waals surface area contributed by atoms with Crippen molar-refractivity contribution in [1.29, 1.82) is 0 Å². The lowest BCUT2D eigenvalue weighted by molar-refractivity contribution is 1.30. The third kappa shape index (κ3) is 4.07. The first-order chi connectivity index (χ1) is 21.8. The van der Waals surface area contributed by atoms with Gasteiger partial charge in [0.05, 0.1) is 0 Å². The summed E-state index contributed by atoms with van der Waals surface area (Å²) in [4.78, 5) is 2.40. The van der Waals surface area contributed by atoms with Crippen molar-refractivity contribution >= 4 is 80.9 Å². The number of hydrogen-bond acceptors (Lipinski definition) is 2. The minimum atomic E-state index is 1.13. The fraction of sp³-hybridized carbons (Fsp3) is 0. The molecule has 206 valence electrons. The molecule has 2 heteroatoms. The highest BCUT2D eigenvalue weighted by Crippen LogP contribution is 2.42. The van der Waals surface area contributed by atoms with E-state index < -0.39 is 0 Å². The lowest BCUT2D eigenvalue weighted by atomic mass is 9.98. The number of thiophene rings is 1. The fourth-order valence-electron chi connectivity index (χ4n) is 6.70. The van der Waals surface area contributed by atoms with Gasteiger partial charge in [0.25, 0.3) is 0 Å². The highest BCUT2D eigenvalue weighted by molar-refractivity contribution is 7.25. The third-order valence-corrected chi connectivity index (χ3v) is 9.98. The van der Waals surface area contributed by atoms with Crippen LogP contribution in [0.1, 0.15) is 0 Å². The van der Waals surface area contributed by atoms with Gasteiger partial charge in [-0.25, -0.2) is 0 Å². The lowest BCUT2D eigenvalue weighted by Crippen LogP contribution is -2.09. The number of fused-ring (bicyclic) bond motifs is 7. The SMILES string of the molecule is c1ccc2c(-c3ccc(N(c4ccc5ccc6ccccc6c5c4)c4ccc5sc6ccccc6c5c4)cc3)cccc2c1. The topological polar surface area (TPSA) is 3.24 Å². The minimum Gasteiger partial charge on any atom is -0.310 e. The minimum absolute atomic E-state index is 1.13. The van der Waals surface area contributed by atoms with Gasteiger partial charge in [-0.05, 0) is 92.0 Å². The first-order valence-corrected chi connectivity index (χ1v) is 15.8. The Morgan fingerprint density at radius 1 is 0.341 bits per heavy atom. The first-order valence-electron chi connectivity index (χ1n) is 15.0. The summed E-state index contributed by atoms with van der Waals surface area (Å²) >= 11 is 1.86. The molecule has 0 fully saturated rings. The monoisotopic (exact) mass is 577 g/mol. The zero-order valence-corrected chi connectivity index (χ0v) is 24.8. The normalized spacial score (nSPS) is 11.6. The molecule has 9 rings (SSSR count). The van der Waals surface area contributed by atoms with E-state index in [-0.39, 0.29) is 0 Å². The Bertz CT molecular complexity index is 2500. The van der Waals surface area contributed by atoms with Crippen LogP contribution in [0.2, 0.25) is 0 Å². The van der Waals surface area contributed by atoms with E-state index in [2.05, 4.69) is 169 Å². The zero-order valence-electron chi connectivity index (χ0n) is 23.9. The van der Waals surface area contributed by atoms with Crippen molar-refractivity contribution in [2.75, 3.05) is 4.90 Å². The maximum atomic E-state index is 2.40. The molecule has 9 aromatic rings. The van der Waals surface area contributed by atoms with Crippen LogP contribution in [0.15, 0.2) is 164 Å². The molecule has 1 aromatic heterocycles. The van der Waals surface area contributed by atoms with Gasteiger partial charge in [0.15, 0.2) is 0 Å². The standard InChI is InChI=1S/C42H27NS/c1-3-11-35-28(8-1)10-7-14-36(35)30-18-21-32(22-19-30)43(34-24-25-42-40(27-34)38-13-5-6-15-41(38)44-42)33-23-20-31-17-16-29-9-2-4-12-37(29)39(31)26-33/h1-27H. The molecular formula is C42H27NS. The summed E-state index contributed by atoms with van der Waals surface area (Å²) in [5.41, 5.74) is 5.90. The van der Waals surface area contributed by atoms with Gasteiger partial charge in [0.1, 0.15) is 0 Å². The Labute approximate surface area is 259 Å². The van der Waals surface area contributed by atoms with Crippen molar-refractivity contribution in [3.05, 3.63) is 164 Å². The van der Waals surface area contributed by atoms with Crippen molar-refractivity contribution in [2.24, 2.45) is 0 Å². The van der Waals surface area contributed by atoms with Gasteiger partial charge in [0.2, 0.25) is 0 Å². The second-order valence-electron chi connectivity index (χ2n) is 11.4. The van der Waals surface area contributed by atoms with Crippen molar-refractivity contribution in [3.63, 3.8) is 0 Å². The molecular weight excluding hydrogens is 551 g/mol. The molecule has 0 unspecified atom stereocenters. The number of benzene rings is 8. The van der Waals surface area contributed by atoms with Gasteiger partial charge in [-0.15, -0.1) is 11.3 Å². The number of rotatable bonds is 4. The van der Waals surface area contributed by atoms with Gasteiger partial charge in [0, 0.05) is 37.2 Å². The molecule has 0 saturated carbocycles. The summed E-state index contributed by atoms with van der Waals surface area (Å²) in [7, 11) is 0. The Morgan fingerprint density at radius 2 is 0.886 bits per heavy atom. The van der Waals surface area contributed by atoms with E-state index >= 15 is 0 Å². The summed E-state index contributed by atoms with van der Waals surface area (Å²) in [5.74, 6) is 0. The summed E-state index contributed by atoms with van der Waals surface area (Å²) < 4.78 is 2.63. The summed E-state index contributed by atoms with van der Waals surface area (Å²) in [6.07, 6.45) is 0. The second-order valence-corrected chi connectivity index (χ2v) is 12.5. The molecule has 0 radical (unpaired) electrons. The highest BCUT2D eigenvalue weighted by atomic mass is 32.1. The molecule has 0 aliphatic rings. The van der Waals surface area contributed by atoms with Crippen molar-refractivity contribution < 1.29 is 0 Å². The molecule has 0 amide bonds. The third-order valence-electron chi connectivity index (χ3n) is 8.83. The molecule has 8 aromatic carbocycles. The summed E-state index contributed by atoms with van der Waals surface area (Å²) in [6, 6.07) is 59.9. The largest absolute Gasteiger partial charge is 0.310 e. The lowest BCUT2D eigenvalue weighted by Gasteiger charge is -2.26. The van der Waals surface area contributed by atoms with Crippen LogP contribution in [-0.4, -0.2) is 0 Å². The molecule has 0 aliphatic heterocycles. The average Bonchev–Trinajstić information content (AvgIpc) is 3.46. The predicted molar refractivity (Wildman–Crippen MR) is 192 cm³/mol. The van der Waals surface area contributed by atoms with Crippen LogP contribution in [0.4, 0.5) is 17.1 Å². The molecule has 0 spiro atoms. The van der Waals surface area contributed by atoms with Gasteiger partial charge in [-0.1, -0.05) is 115 Å². The molecule has 1 heterocycles. The van der Waals surface area contributed by atoms with Crippen molar-refractivity contribution in [3.8, 4) is 11.1 Å². The zero-order chi connectivity index (χ0) is 29.0. The molecule has 0 N–H and O–H groups in total. The van der Waals surface area contributed by atoms with Crippen molar-refractivity contribution in [2.45, 2.75) is 0 Å². The van der Waals surface area contributed by atoms with Crippen LogP contribution in [0.25, 0.3) is 63.6 Å². The predicted octanol–water partition coefficient (Wildman–Crippen LogP) is 12.7. The van der Waals surface area contributed by atoms with Crippen LogP contribution < -0.4 is 4.90 Å². The first kappa shape index (κ1) is 25.1. The number of hydrogen-bond donors (Lipinski definition) is 0. The van der Waals surface area contributed by atoms with Crippen LogP contribution in [-0.2, 0) is 0 Å². The van der Waals surface area contributed by atoms with Crippen LogP contribution >= 0.6 is 11.3 Å². The summed E-state index contributed by atoms with van der Waals surface area (Å²) in [5, 5.41) is 10.2. The van der Waals surface area contributed by atoms with Gasteiger partial charge >= 0.3 is 0 Å². The second kappa shape index (κ2) is 10.1. The average molecular weight is 578 g/mol. The van der Waals surface area contributed by atoms with E-state index in [1.807, 2.05) is 11.3 Å². The van der Waals surface area contributed by atoms with Gasteiger partial charge in [-0.3, -0.25) is 0 Å². The maximum absolute atomic E-state index is 2.40. The van der Waals surface area contributed by atoms with Gasteiger partial charge < -0.3 is 4.90 Å². The molecule has 1 nitrogen and oxygen atoms in total. The molecule has 0 bridgehead atoms. The quantitative estimate of drug-likeness (QED) is 0.188. The summed E-state index contributed by atoms with van der Waals surface area (Å²) in [6.45, 7) is 0. The van der Waals surface area contributed by atoms with E-state index in [0.29, 0.717) is 0 Å². The Morgan fingerprint density at radius 3 is 1.70 bits per heavy atom. The fourth-order valence-corrected chi connectivity index (χ4v) is 7.78. The van der Waals surface area contributed by atoms with E-state index in [9.17, 15) is 0 Å². The molecule has 0 aliphatic carbocycles. The van der Waals surface area contributed by atoms with Crippen LogP contribution in [0.5, 0.6) is 0 Å². The van der Waals surface area contributed by atoms with Gasteiger partial charge in [-0.2, -0.15) is 0 Å². The molecule has 0 atom stereocenters. The maximum Gasteiger partial charge on any atom is 0.0468 e. The van der Waals surface area contributed by atoms with E-state index in [1.54, 1.807) is 0 Å². The number of anilines is 3. The number of nitrogens with zero attached hydrogens (tertiary/aromatic N) is 1. The van der Waals surface area contributed by atoms with E-state index in [1.165, 1.54) is 63.6 Å². The smallest absolute Gasteiger partial charge is 0.0468 e. The van der Waals surface area contributed by atoms with E-state index in [0.717, 1.165) is 17.1 Å². The Kier molecular flexibility index (Phi) is 5.75. The molecule has 44 heavy (non-hydrogen) atoms. The molecule has 0 saturated heterocycles. The van der Waals surface area contributed by atoms with Crippen molar-refractivity contribution in [1.82, 2.24) is 0 Å². The van der Waals surface area contributed by atoms with E-state index in [4.69, 9.17) is 0 Å². The van der Waals surface area contributed by atoms with Crippen LogP contribution in [0.3, 0.4) is 0 Å². The highest BCUT2D eigenvalue weighted by Gasteiger charge is 2.16. The van der Waals surface area contributed by atoms with Crippen LogP contribution in [0, 0.1) is 0 Å². The Hall–Kier alpha value is -5.44.